The predicted molar refractivity (Wildman–Crippen MR) is 68.1 cm³/mol. The zero-order valence-corrected chi connectivity index (χ0v) is 11.0. The van der Waals surface area contributed by atoms with E-state index in [2.05, 4.69) is 32.3 Å². The number of nitrogens with one attached hydrogen (secondary N) is 1. The average molecular weight is 281 g/mol. The number of hydrogen-bond acceptors (Lipinski definition) is 2. The van der Waals surface area contributed by atoms with Crippen molar-refractivity contribution in [2.75, 3.05) is 0 Å². The van der Waals surface area contributed by atoms with E-state index in [1.807, 2.05) is 12.4 Å². The van der Waals surface area contributed by atoms with Crippen LogP contribution in [0.3, 0.4) is 0 Å². The van der Waals surface area contributed by atoms with Gasteiger partial charge in [0.15, 0.2) is 0 Å². The molecule has 1 aromatic rings. The van der Waals surface area contributed by atoms with Gasteiger partial charge in [-0.1, -0.05) is 12.8 Å². The van der Waals surface area contributed by atoms with Crippen LogP contribution in [0.4, 0.5) is 0 Å². The van der Waals surface area contributed by atoms with Crippen molar-refractivity contribution in [3.63, 3.8) is 0 Å². The first-order valence-electron chi connectivity index (χ1n) is 6.13. The summed E-state index contributed by atoms with van der Waals surface area (Å²) in [4.78, 5) is 4.20. The number of fused-ring (bicyclic) bond motifs is 1. The van der Waals surface area contributed by atoms with Gasteiger partial charge >= 0.3 is 0 Å². The van der Waals surface area contributed by atoms with Gasteiger partial charge in [-0.15, -0.1) is 0 Å². The molecule has 16 heavy (non-hydrogen) atoms. The Morgan fingerprint density at radius 1 is 1.44 bits per heavy atom. The molecule has 2 fully saturated rings. The van der Waals surface area contributed by atoms with Crippen molar-refractivity contribution in [2.24, 2.45) is 5.92 Å². The standard InChI is InChI=1S/C13H17BrN2/c14-12-5-10(7-15-9-12)8-16-13-4-2-1-3-11(13)6-13/h5,7,9,11,16H,1-4,6,8H2. The Hall–Kier alpha value is -0.410. The van der Waals surface area contributed by atoms with Gasteiger partial charge in [-0.2, -0.15) is 0 Å². The summed E-state index contributed by atoms with van der Waals surface area (Å²) < 4.78 is 1.07. The second-order valence-corrected chi connectivity index (χ2v) is 6.08. The van der Waals surface area contributed by atoms with E-state index < -0.39 is 0 Å². The molecule has 0 spiro atoms. The SMILES string of the molecule is Brc1cncc(CNC23CCCCC2C3)c1. The molecule has 3 heteroatoms. The monoisotopic (exact) mass is 280 g/mol. The van der Waals surface area contributed by atoms with Crippen LogP contribution in [0, 0.1) is 5.92 Å². The minimum absolute atomic E-state index is 0.501. The van der Waals surface area contributed by atoms with Crippen molar-refractivity contribution in [3.05, 3.63) is 28.5 Å². The molecule has 2 aliphatic carbocycles. The van der Waals surface area contributed by atoms with Crippen LogP contribution in [-0.4, -0.2) is 10.5 Å². The van der Waals surface area contributed by atoms with Gasteiger partial charge in [-0.05, 0) is 52.7 Å². The molecule has 0 radical (unpaired) electrons. The van der Waals surface area contributed by atoms with Gasteiger partial charge in [-0.25, -0.2) is 0 Å². The van der Waals surface area contributed by atoms with Crippen LogP contribution in [0.1, 0.15) is 37.7 Å². The van der Waals surface area contributed by atoms with E-state index >= 15 is 0 Å². The fourth-order valence-electron chi connectivity index (χ4n) is 3.03. The third-order valence-electron chi connectivity index (χ3n) is 4.06. The van der Waals surface area contributed by atoms with Crippen LogP contribution < -0.4 is 5.32 Å². The van der Waals surface area contributed by atoms with Gasteiger partial charge in [0.1, 0.15) is 0 Å². The summed E-state index contributed by atoms with van der Waals surface area (Å²) >= 11 is 3.46. The second kappa shape index (κ2) is 4.11. The first-order valence-corrected chi connectivity index (χ1v) is 6.92. The number of rotatable bonds is 3. The molecule has 0 aromatic carbocycles. The summed E-state index contributed by atoms with van der Waals surface area (Å²) in [5.41, 5.74) is 1.78. The quantitative estimate of drug-likeness (QED) is 0.919. The predicted octanol–water partition coefficient (Wildman–Crippen LogP) is 3.27. The highest BCUT2D eigenvalue weighted by molar-refractivity contribution is 9.10. The van der Waals surface area contributed by atoms with Crippen molar-refractivity contribution in [1.82, 2.24) is 10.3 Å². The summed E-state index contributed by atoms with van der Waals surface area (Å²) in [7, 11) is 0. The van der Waals surface area contributed by atoms with Crippen LogP contribution >= 0.6 is 15.9 Å². The number of halogens is 1. The number of aromatic nitrogens is 1. The van der Waals surface area contributed by atoms with E-state index in [1.54, 1.807) is 0 Å². The van der Waals surface area contributed by atoms with Crippen molar-refractivity contribution in [3.8, 4) is 0 Å². The summed E-state index contributed by atoms with van der Waals surface area (Å²) in [6, 6.07) is 2.15. The Morgan fingerprint density at radius 2 is 2.38 bits per heavy atom. The molecule has 0 bridgehead atoms. The summed E-state index contributed by atoms with van der Waals surface area (Å²) in [6.45, 7) is 0.961. The van der Waals surface area contributed by atoms with E-state index in [0.29, 0.717) is 5.54 Å². The third-order valence-corrected chi connectivity index (χ3v) is 4.50. The zero-order valence-electron chi connectivity index (χ0n) is 9.38. The Labute approximate surface area is 105 Å². The van der Waals surface area contributed by atoms with Crippen molar-refractivity contribution in [2.45, 2.75) is 44.2 Å². The summed E-state index contributed by atoms with van der Waals surface area (Å²) in [6.07, 6.45) is 10.8. The highest BCUT2D eigenvalue weighted by Gasteiger charge is 2.54. The minimum Gasteiger partial charge on any atom is -0.307 e. The van der Waals surface area contributed by atoms with E-state index in [9.17, 15) is 0 Å². The smallest absolute Gasteiger partial charge is 0.0410 e. The largest absolute Gasteiger partial charge is 0.307 e. The summed E-state index contributed by atoms with van der Waals surface area (Å²) in [5, 5.41) is 3.75. The van der Waals surface area contributed by atoms with Crippen molar-refractivity contribution >= 4 is 15.9 Å². The molecule has 1 heterocycles. The van der Waals surface area contributed by atoms with Crippen LogP contribution in [-0.2, 0) is 6.54 Å². The molecular weight excluding hydrogens is 264 g/mol. The zero-order chi connectivity index (χ0) is 11.0. The Morgan fingerprint density at radius 3 is 3.19 bits per heavy atom. The molecule has 2 aliphatic rings. The second-order valence-electron chi connectivity index (χ2n) is 5.17. The van der Waals surface area contributed by atoms with E-state index in [-0.39, 0.29) is 0 Å². The van der Waals surface area contributed by atoms with Crippen LogP contribution in [0.25, 0.3) is 0 Å². The lowest BCUT2D eigenvalue weighted by molar-refractivity contribution is 0.355. The van der Waals surface area contributed by atoms with Gasteiger partial charge in [0.25, 0.3) is 0 Å². The van der Waals surface area contributed by atoms with Crippen molar-refractivity contribution < 1.29 is 0 Å². The van der Waals surface area contributed by atoms with Gasteiger partial charge in [0, 0.05) is 29.0 Å². The molecule has 2 nitrogen and oxygen atoms in total. The molecule has 2 atom stereocenters. The first kappa shape index (κ1) is 10.7. The molecule has 86 valence electrons. The fraction of sp³-hybridized carbons (Fsp3) is 0.615. The van der Waals surface area contributed by atoms with Crippen LogP contribution in [0.15, 0.2) is 22.9 Å². The highest BCUT2D eigenvalue weighted by Crippen LogP contribution is 2.53. The molecule has 2 saturated carbocycles. The number of pyridine rings is 1. The first-order chi connectivity index (χ1) is 7.78. The summed E-state index contributed by atoms with van der Waals surface area (Å²) in [5.74, 6) is 0.960. The Balaban J connectivity index is 1.61. The third kappa shape index (κ3) is 2.03. The maximum Gasteiger partial charge on any atom is 0.0410 e. The van der Waals surface area contributed by atoms with Gasteiger partial charge in [0.05, 0.1) is 0 Å². The highest BCUT2D eigenvalue weighted by atomic mass is 79.9. The Bertz CT molecular complexity index is 393. The molecule has 1 aromatic heterocycles. The van der Waals surface area contributed by atoms with Crippen LogP contribution in [0.5, 0.6) is 0 Å². The molecule has 0 amide bonds. The molecular formula is C13H17BrN2. The molecule has 1 N–H and O–H groups in total. The van der Waals surface area contributed by atoms with E-state index in [4.69, 9.17) is 0 Å². The maximum atomic E-state index is 4.20. The van der Waals surface area contributed by atoms with E-state index in [1.165, 1.54) is 37.7 Å². The maximum absolute atomic E-state index is 4.20. The fourth-order valence-corrected chi connectivity index (χ4v) is 3.44. The lowest BCUT2D eigenvalue weighted by Crippen LogP contribution is -2.34. The number of hydrogen-bond donors (Lipinski definition) is 1. The number of nitrogens with zero attached hydrogens (tertiary/aromatic N) is 1. The minimum atomic E-state index is 0.501. The molecule has 0 aliphatic heterocycles. The molecule has 3 rings (SSSR count). The van der Waals surface area contributed by atoms with Crippen molar-refractivity contribution in [1.29, 1.82) is 0 Å². The van der Waals surface area contributed by atoms with E-state index in [0.717, 1.165) is 16.9 Å². The van der Waals surface area contributed by atoms with Gasteiger partial charge in [-0.3, -0.25) is 4.98 Å². The lowest BCUT2D eigenvalue weighted by atomic mass is 9.95. The topological polar surface area (TPSA) is 24.9 Å². The van der Waals surface area contributed by atoms with Gasteiger partial charge < -0.3 is 5.32 Å². The van der Waals surface area contributed by atoms with Gasteiger partial charge in [0.2, 0.25) is 0 Å². The molecule has 0 saturated heterocycles. The normalized spacial score (nSPS) is 32.2. The average Bonchev–Trinajstić information content (AvgIpc) is 3.01. The lowest BCUT2D eigenvalue weighted by Gasteiger charge is -2.23. The Kier molecular flexibility index (Phi) is 2.76. The molecule has 2 unspecified atom stereocenters. The van der Waals surface area contributed by atoms with Crippen LogP contribution in [0.2, 0.25) is 0 Å².